The van der Waals surface area contributed by atoms with E-state index in [1.165, 1.54) is 13.2 Å². The van der Waals surface area contributed by atoms with Crippen molar-refractivity contribution in [2.45, 2.75) is 0 Å². The molecule has 0 aromatic heterocycles. The fourth-order valence-corrected chi connectivity index (χ4v) is 0.424. The number of esters is 1. The second-order valence-electron chi connectivity index (χ2n) is 2.19. The van der Waals surface area contributed by atoms with Crippen molar-refractivity contribution in [2.24, 2.45) is 0 Å². The maximum Gasteiger partial charge on any atom is 0.330 e. The van der Waals surface area contributed by atoms with Crippen LogP contribution in [-0.2, 0) is 9.53 Å². The van der Waals surface area contributed by atoms with Gasteiger partial charge in [-0.3, -0.25) is 0 Å². The number of nitrogens with zero attached hydrogens (tertiary/aromatic N) is 1. The Kier molecular flexibility index (Phi) is 4.90. The zero-order valence-corrected chi connectivity index (χ0v) is 7.07. The van der Waals surface area contributed by atoms with Gasteiger partial charge in [0.2, 0.25) is 0 Å². The first-order valence-electron chi connectivity index (χ1n) is 3.26. The minimum atomic E-state index is -0.339. The third-order valence-electron chi connectivity index (χ3n) is 0.929. The van der Waals surface area contributed by atoms with Gasteiger partial charge in [0.25, 0.3) is 0 Å². The third kappa shape index (κ3) is 6.64. The summed E-state index contributed by atoms with van der Waals surface area (Å²) in [5.41, 5.74) is 0. The minimum absolute atomic E-state index is 0.339. The summed E-state index contributed by atoms with van der Waals surface area (Å²) in [5, 5.41) is 0. The molecule has 0 fully saturated rings. The molecule has 0 spiro atoms. The fraction of sp³-hybridized carbons (Fsp3) is 0.375. The second-order valence-corrected chi connectivity index (χ2v) is 2.19. The number of hydrogen-bond acceptors (Lipinski definition) is 3. The van der Waals surface area contributed by atoms with E-state index in [2.05, 4.69) is 4.74 Å². The number of carbonyl (C=O) groups excluding carboxylic acids is 1. The SMILES string of the molecule is COC(=O)C=CC=CN(C)C. The quantitative estimate of drug-likeness (QED) is 0.343. The maximum atomic E-state index is 10.5. The van der Waals surface area contributed by atoms with Crippen LogP contribution in [0, 0.1) is 0 Å². The second kappa shape index (κ2) is 5.53. The van der Waals surface area contributed by atoms with E-state index in [1.807, 2.05) is 25.2 Å². The zero-order valence-electron chi connectivity index (χ0n) is 7.07. The topological polar surface area (TPSA) is 29.5 Å². The van der Waals surface area contributed by atoms with Gasteiger partial charge in [0.05, 0.1) is 7.11 Å². The molecular formula is C8H13NO2. The molecule has 0 aromatic carbocycles. The van der Waals surface area contributed by atoms with Crippen LogP contribution in [0.25, 0.3) is 0 Å². The van der Waals surface area contributed by atoms with Gasteiger partial charge in [-0.1, -0.05) is 6.08 Å². The van der Waals surface area contributed by atoms with Gasteiger partial charge in [-0.2, -0.15) is 0 Å². The zero-order chi connectivity index (χ0) is 8.69. The molecule has 0 aliphatic carbocycles. The van der Waals surface area contributed by atoms with Gasteiger partial charge in [0.1, 0.15) is 0 Å². The van der Waals surface area contributed by atoms with E-state index in [-0.39, 0.29) is 5.97 Å². The highest BCUT2D eigenvalue weighted by molar-refractivity contribution is 5.82. The first kappa shape index (κ1) is 9.75. The molecule has 0 atom stereocenters. The highest BCUT2D eigenvalue weighted by Gasteiger charge is 1.86. The summed E-state index contributed by atoms with van der Waals surface area (Å²) in [6, 6.07) is 0. The molecular weight excluding hydrogens is 142 g/mol. The van der Waals surface area contributed by atoms with Gasteiger partial charge in [-0.25, -0.2) is 4.79 Å². The number of rotatable bonds is 3. The highest BCUT2D eigenvalue weighted by atomic mass is 16.5. The van der Waals surface area contributed by atoms with E-state index in [4.69, 9.17) is 0 Å². The van der Waals surface area contributed by atoms with Gasteiger partial charge < -0.3 is 9.64 Å². The molecule has 0 aliphatic rings. The minimum Gasteiger partial charge on any atom is -0.466 e. The largest absolute Gasteiger partial charge is 0.466 e. The molecule has 0 saturated carbocycles. The average molecular weight is 155 g/mol. The van der Waals surface area contributed by atoms with Crippen molar-refractivity contribution < 1.29 is 9.53 Å². The Morgan fingerprint density at radius 3 is 2.45 bits per heavy atom. The van der Waals surface area contributed by atoms with E-state index in [9.17, 15) is 4.79 Å². The normalized spacial score (nSPS) is 10.8. The molecule has 0 rings (SSSR count). The van der Waals surface area contributed by atoms with Crippen LogP contribution >= 0.6 is 0 Å². The number of allylic oxidation sites excluding steroid dienone is 2. The van der Waals surface area contributed by atoms with E-state index in [0.29, 0.717) is 0 Å². The summed E-state index contributed by atoms with van der Waals surface area (Å²) in [4.78, 5) is 12.4. The van der Waals surface area contributed by atoms with E-state index >= 15 is 0 Å². The summed E-state index contributed by atoms with van der Waals surface area (Å²) in [6.45, 7) is 0. The van der Waals surface area contributed by atoms with Crippen LogP contribution in [0.5, 0.6) is 0 Å². The van der Waals surface area contributed by atoms with Crippen LogP contribution < -0.4 is 0 Å². The van der Waals surface area contributed by atoms with Crippen LogP contribution in [-0.4, -0.2) is 32.1 Å². The van der Waals surface area contributed by atoms with Gasteiger partial charge in [0, 0.05) is 20.2 Å². The summed E-state index contributed by atoms with van der Waals surface area (Å²) >= 11 is 0. The fourth-order valence-electron chi connectivity index (χ4n) is 0.424. The Hall–Kier alpha value is -1.25. The monoisotopic (exact) mass is 155 g/mol. The Labute approximate surface area is 66.9 Å². The molecule has 0 heterocycles. The third-order valence-corrected chi connectivity index (χ3v) is 0.929. The first-order valence-corrected chi connectivity index (χ1v) is 3.26. The summed E-state index contributed by atoms with van der Waals surface area (Å²) < 4.78 is 4.38. The maximum absolute atomic E-state index is 10.5. The van der Waals surface area contributed by atoms with Crippen molar-refractivity contribution in [2.75, 3.05) is 21.2 Å². The molecule has 0 N–H and O–H groups in total. The van der Waals surface area contributed by atoms with Crippen LogP contribution in [0.15, 0.2) is 24.4 Å². The molecule has 62 valence electrons. The Morgan fingerprint density at radius 1 is 1.36 bits per heavy atom. The van der Waals surface area contributed by atoms with Gasteiger partial charge in [0.15, 0.2) is 0 Å². The molecule has 11 heavy (non-hydrogen) atoms. The van der Waals surface area contributed by atoms with Crippen LogP contribution in [0.4, 0.5) is 0 Å². The van der Waals surface area contributed by atoms with E-state index in [0.717, 1.165) is 0 Å². The van der Waals surface area contributed by atoms with Crippen molar-refractivity contribution in [3.05, 3.63) is 24.4 Å². The smallest absolute Gasteiger partial charge is 0.330 e. The number of ether oxygens (including phenoxy) is 1. The number of hydrogen-bond donors (Lipinski definition) is 0. The average Bonchev–Trinajstić information content (AvgIpc) is 1.97. The van der Waals surface area contributed by atoms with Crippen molar-refractivity contribution >= 4 is 5.97 Å². The van der Waals surface area contributed by atoms with Crippen molar-refractivity contribution in [3.8, 4) is 0 Å². The van der Waals surface area contributed by atoms with Crippen molar-refractivity contribution in [3.63, 3.8) is 0 Å². The molecule has 0 amide bonds. The lowest BCUT2D eigenvalue weighted by Gasteiger charge is -2.00. The molecule has 0 unspecified atom stereocenters. The number of carbonyl (C=O) groups is 1. The molecule has 0 aromatic rings. The standard InChI is InChI=1S/C8H13NO2/c1-9(2)7-5-4-6-8(10)11-3/h4-7H,1-3H3. The Balaban J connectivity index is 3.68. The summed E-state index contributed by atoms with van der Waals surface area (Å²) in [7, 11) is 5.16. The molecule has 0 bridgehead atoms. The molecule has 3 nitrogen and oxygen atoms in total. The lowest BCUT2D eigenvalue weighted by molar-refractivity contribution is -0.134. The van der Waals surface area contributed by atoms with Crippen LogP contribution in [0.3, 0.4) is 0 Å². The molecule has 3 heteroatoms. The van der Waals surface area contributed by atoms with Crippen molar-refractivity contribution in [1.29, 1.82) is 0 Å². The molecule has 0 saturated heterocycles. The van der Waals surface area contributed by atoms with E-state index < -0.39 is 0 Å². The van der Waals surface area contributed by atoms with Gasteiger partial charge >= 0.3 is 5.97 Å². The molecule has 0 radical (unpaired) electrons. The first-order chi connectivity index (χ1) is 5.16. The van der Waals surface area contributed by atoms with Crippen LogP contribution in [0.1, 0.15) is 0 Å². The summed E-state index contributed by atoms with van der Waals surface area (Å²) in [5.74, 6) is -0.339. The number of methoxy groups -OCH3 is 1. The Morgan fingerprint density at radius 2 is 2.00 bits per heavy atom. The van der Waals surface area contributed by atoms with Crippen LogP contribution in [0.2, 0.25) is 0 Å². The summed E-state index contributed by atoms with van der Waals surface area (Å²) in [6.07, 6.45) is 6.59. The van der Waals surface area contributed by atoms with Gasteiger partial charge in [-0.15, -0.1) is 0 Å². The molecule has 0 aliphatic heterocycles. The van der Waals surface area contributed by atoms with Crippen molar-refractivity contribution in [1.82, 2.24) is 4.90 Å². The highest BCUT2D eigenvalue weighted by Crippen LogP contribution is 1.82. The lowest BCUT2D eigenvalue weighted by Crippen LogP contribution is -1.99. The van der Waals surface area contributed by atoms with Gasteiger partial charge in [-0.05, 0) is 12.3 Å². The van der Waals surface area contributed by atoms with E-state index in [1.54, 1.807) is 12.2 Å². The Bertz CT molecular complexity index is 171. The predicted octanol–water partition coefficient (Wildman–Crippen LogP) is 0.791. The predicted molar refractivity (Wildman–Crippen MR) is 44.0 cm³/mol. The lowest BCUT2D eigenvalue weighted by atomic mass is 10.5.